The summed E-state index contributed by atoms with van der Waals surface area (Å²) in [7, 11) is 0. The molecular weight excluding hydrogens is 240 g/mol. The average Bonchev–Trinajstić information content (AvgIpc) is 2.72. The molecule has 0 amide bonds. The Morgan fingerprint density at radius 2 is 2.05 bits per heavy atom. The number of hydrogen-bond donors (Lipinski definition) is 0. The minimum Gasteiger partial charge on any atom is -0.433 e. The minimum absolute atomic E-state index is 0.0165. The molecule has 0 aromatic heterocycles. The second-order valence-corrected chi connectivity index (χ2v) is 7.50. The molecule has 3 aliphatic carbocycles. The number of carbonyl (C=O) groups excluding carboxylic acids is 1. The van der Waals surface area contributed by atoms with Crippen molar-refractivity contribution in [3.8, 4) is 0 Å². The molecule has 0 N–H and O–H groups in total. The third-order valence-corrected chi connectivity index (χ3v) is 6.21. The van der Waals surface area contributed by atoms with E-state index in [1.807, 2.05) is 0 Å². The van der Waals surface area contributed by atoms with Gasteiger partial charge in [0.05, 0.1) is 11.5 Å². The highest BCUT2D eigenvalue weighted by molar-refractivity contribution is 5.77. The lowest BCUT2D eigenvalue weighted by Gasteiger charge is -2.62. The molecular formula is C16H24O3. The second kappa shape index (κ2) is 3.75. The highest BCUT2D eigenvalue weighted by Crippen LogP contribution is 2.64. The van der Waals surface area contributed by atoms with Gasteiger partial charge in [-0.25, -0.2) is 0 Å². The largest absolute Gasteiger partial charge is 0.433 e. The molecule has 1 spiro atoms. The second-order valence-electron chi connectivity index (χ2n) is 7.50. The molecule has 4 rings (SSSR count). The van der Waals surface area contributed by atoms with E-state index in [-0.39, 0.29) is 17.5 Å². The third-order valence-electron chi connectivity index (χ3n) is 6.21. The van der Waals surface area contributed by atoms with Gasteiger partial charge >= 0.3 is 5.97 Å². The van der Waals surface area contributed by atoms with Crippen molar-refractivity contribution in [2.75, 3.05) is 0 Å². The van der Waals surface area contributed by atoms with E-state index in [0.717, 1.165) is 19.3 Å². The van der Waals surface area contributed by atoms with Gasteiger partial charge in [0, 0.05) is 12.8 Å². The predicted molar refractivity (Wildman–Crippen MR) is 70.3 cm³/mol. The number of hydrogen-bond acceptors (Lipinski definition) is 3. The summed E-state index contributed by atoms with van der Waals surface area (Å²) in [6.45, 7) is 4.41. The number of esters is 1. The van der Waals surface area contributed by atoms with Crippen LogP contribution in [0.25, 0.3) is 0 Å². The van der Waals surface area contributed by atoms with Crippen LogP contribution in [-0.2, 0) is 14.3 Å². The third kappa shape index (κ3) is 1.51. The molecule has 3 nitrogen and oxygen atoms in total. The molecule has 6 atom stereocenters. The Morgan fingerprint density at radius 3 is 2.84 bits per heavy atom. The Kier molecular flexibility index (Phi) is 2.41. The molecule has 106 valence electrons. The summed E-state index contributed by atoms with van der Waals surface area (Å²) >= 11 is 0. The summed E-state index contributed by atoms with van der Waals surface area (Å²) in [5, 5.41) is 0. The summed E-state index contributed by atoms with van der Waals surface area (Å²) in [4.78, 5) is 12.5. The fourth-order valence-corrected chi connectivity index (χ4v) is 5.49. The average molecular weight is 264 g/mol. The van der Waals surface area contributed by atoms with Crippen LogP contribution >= 0.6 is 0 Å². The van der Waals surface area contributed by atoms with E-state index in [9.17, 15) is 4.79 Å². The van der Waals surface area contributed by atoms with Crippen LogP contribution in [0.4, 0.5) is 0 Å². The van der Waals surface area contributed by atoms with Crippen LogP contribution in [-0.4, -0.2) is 17.4 Å². The summed E-state index contributed by atoms with van der Waals surface area (Å²) in [6, 6.07) is 0. The van der Waals surface area contributed by atoms with Gasteiger partial charge < -0.3 is 9.47 Å². The first-order valence-electron chi connectivity index (χ1n) is 7.97. The molecule has 1 heterocycles. The first kappa shape index (κ1) is 12.2. The molecule has 3 heteroatoms. The Labute approximate surface area is 115 Å². The van der Waals surface area contributed by atoms with Gasteiger partial charge in [0.25, 0.3) is 0 Å². The van der Waals surface area contributed by atoms with E-state index in [1.54, 1.807) is 0 Å². The maximum absolute atomic E-state index is 12.5. The van der Waals surface area contributed by atoms with Crippen LogP contribution in [0.3, 0.4) is 0 Å². The van der Waals surface area contributed by atoms with Crippen molar-refractivity contribution in [3.05, 3.63) is 0 Å². The van der Waals surface area contributed by atoms with Gasteiger partial charge in [0.15, 0.2) is 0 Å². The molecule has 1 aliphatic heterocycles. The van der Waals surface area contributed by atoms with E-state index in [4.69, 9.17) is 9.47 Å². The van der Waals surface area contributed by atoms with Gasteiger partial charge in [-0.15, -0.1) is 0 Å². The van der Waals surface area contributed by atoms with Gasteiger partial charge in [-0.2, -0.15) is 0 Å². The smallest absolute Gasteiger partial charge is 0.314 e. The van der Waals surface area contributed by atoms with Crippen molar-refractivity contribution in [1.29, 1.82) is 0 Å². The van der Waals surface area contributed by atoms with Crippen LogP contribution in [0.1, 0.15) is 58.8 Å². The van der Waals surface area contributed by atoms with Crippen LogP contribution in [0.5, 0.6) is 0 Å². The summed E-state index contributed by atoms with van der Waals surface area (Å²) < 4.78 is 12.3. The zero-order valence-electron chi connectivity index (χ0n) is 12.0. The molecule has 0 aromatic carbocycles. The monoisotopic (exact) mass is 264 g/mol. The zero-order chi connectivity index (χ0) is 13.3. The Morgan fingerprint density at radius 1 is 1.21 bits per heavy atom. The summed E-state index contributed by atoms with van der Waals surface area (Å²) in [5.74, 6) is 1.19. The lowest BCUT2D eigenvalue weighted by molar-refractivity contribution is -0.374. The van der Waals surface area contributed by atoms with Gasteiger partial charge in [-0.05, 0) is 43.9 Å². The molecule has 4 fully saturated rings. The van der Waals surface area contributed by atoms with Crippen molar-refractivity contribution in [3.63, 3.8) is 0 Å². The van der Waals surface area contributed by atoms with Gasteiger partial charge in [0.1, 0.15) is 0 Å². The number of rotatable bonds is 0. The van der Waals surface area contributed by atoms with E-state index in [2.05, 4.69) is 13.8 Å². The molecule has 4 aliphatic rings. The van der Waals surface area contributed by atoms with Gasteiger partial charge in [0.2, 0.25) is 5.79 Å². The fraction of sp³-hybridized carbons (Fsp3) is 0.938. The van der Waals surface area contributed by atoms with Gasteiger partial charge in [-0.3, -0.25) is 4.79 Å². The highest BCUT2D eigenvalue weighted by atomic mass is 16.7. The molecule has 0 radical (unpaired) electrons. The Balaban J connectivity index is 1.64. The molecule has 3 saturated carbocycles. The van der Waals surface area contributed by atoms with Crippen LogP contribution in [0, 0.1) is 23.7 Å². The van der Waals surface area contributed by atoms with Crippen LogP contribution in [0.2, 0.25) is 0 Å². The highest BCUT2D eigenvalue weighted by Gasteiger charge is 2.70. The molecule has 1 saturated heterocycles. The quantitative estimate of drug-likeness (QED) is 0.630. The number of carbonyl (C=O) groups is 1. The lowest BCUT2D eigenvalue weighted by Crippen LogP contribution is -2.71. The number of fused-ring (bicyclic) bond motifs is 4. The fourth-order valence-electron chi connectivity index (χ4n) is 5.49. The topological polar surface area (TPSA) is 35.5 Å². The first-order valence-corrected chi connectivity index (χ1v) is 7.97. The van der Waals surface area contributed by atoms with Crippen molar-refractivity contribution in [1.82, 2.24) is 0 Å². The van der Waals surface area contributed by atoms with Crippen molar-refractivity contribution in [2.45, 2.75) is 70.2 Å². The standard InChI is InChI=1S/C16H24O3/c1-10-5-4-8-16(9-10)18-14(17)13-11-6-3-7-12(11)15(13,2)19-16/h10-13H,3-9H2,1-2H3. The van der Waals surface area contributed by atoms with Crippen molar-refractivity contribution < 1.29 is 14.3 Å². The van der Waals surface area contributed by atoms with E-state index >= 15 is 0 Å². The minimum atomic E-state index is -0.590. The lowest BCUT2D eigenvalue weighted by atomic mass is 9.54. The normalized spacial score (nSPS) is 56.2. The predicted octanol–water partition coefficient (Wildman–Crippen LogP) is 3.27. The maximum atomic E-state index is 12.5. The van der Waals surface area contributed by atoms with E-state index in [0.29, 0.717) is 17.8 Å². The first-order chi connectivity index (χ1) is 9.04. The van der Waals surface area contributed by atoms with Crippen LogP contribution in [0.15, 0.2) is 0 Å². The maximum Gasteiger partial charge on any atom is 0.314 e. The zero-order valence-corrected chi connectivity index (χ0v) is 12.0. The summed E-state index contributed by atoms with van der Waals surface area (Å²) in [5.41, 5.74) is -0.229. The van der Waals surface area contributed by atoms with Crippen LogP contribution < -0.4 is 0 Å². The van der Waals surface area contributed by atoms with Crippen molar-refractivity contribution >= 4 is 5.97 Å². The van der Waals surface area contributed by atoms with Gasteiger partial charge in [-0.1, -0.05) is 19.8 Å². The molecule has 0 bridgehead atoms. The van der Waals surface area contributed by atoms with E-state index in [1.165, 1.54) is 25.7 Å². The van der Waals surface area contributed by atoms with E-state index < -0.39 is 5.79 Å². The van der Waals surface area contributed by atoms with Crippen molar-refractivity contribution in [2.24, 2.45) is 23.7 Å². The molecule has 0 aromatic rings. The summed E-state index contributed by atoms with van der Waals surface area (Å²) in [6.07, 6.45) is 7.80. The molecule has 6 unspecified atom stereocenters. The molecule has 19 heavy (non-hydrogen) atoms. The SMILES string of the molecule is CC1CCCC2(C1)OC(=O)C1C3CCCC3C1(C)O2. The Bertz CT molecular complexity index is 420. The Hall–Kier alpha value is -0.570. The number of ether oxygens (including phenoxy) is 2.